The number of carbonyl (C=O) groups excluding carboxylic acids is 1. The fourth-order valence-corrected chi connectivity index (χ4v) is 3.14. The second-order valence-electron chi connectivity index (χ2n) is 5.51. The first-order valence-electron chi connectivity index (χ1n) is 7.53. The summed E-state index contributed by atoms with van der Waals surface area (Å²) < 4.78 is 1.19. The van der Waals surface area contributed by atoms with E-state index >= 15 is 0 Å². The Morgan fingerprint density at radius 2 is 1.88 bits per heavy atom. The van der Waals surface area contributed by atoms with Crippen LogP contribution in [0.2, 0.25) is 0 Å². The number of anilines is 1. The van der Waals surface area contributed by atoms with Gasteiger partial charge in [-0.1, -0.05) is 24.3 Å². The molecule has 3 aromatic rings. The maximum atomic E-state index is 12.3. The molecular formula is C18H17N3O2S. The zero-order valence-corrected chi connectivity index (χ0v) is 14.3. The van der Waals surface area contributed by atoms with E-state index in [1.54, 1.807) is 6.07 Å². The molecule has 1 N–H and O–H groups in total. The molecule has 0 fully saturated rings. The molecule has 0 spiro atoms. The Morgan fingerprint density at radius 3 is 2.54 bits per heavy atom. The molecule has 0 aliphatic carbocycles. The second kappa shape index (κ2) is 6.80. The van der Waals surface area contributed by atoms with Gasteiger partial charge in [-0.05, 0) is 42.5 Å². The number of amides is 1. The minimum atomic E-state index is -0.299. The summed E-state index contributed by atoms with van der Waals surface area (Å²) >= 11 is 1.54. The van der Waals surface area contributed by atoms with Crippen molar-refractivity contribution in [2.75, 3.05) is 5.32 Å². The van der Waals surface area contributed by atoms with E-state index in [1.807, 2.05) is 49.6 Å². The molecule has 0 radical (unpaired) electrons. The van der Waals surface area contributed by atoms with Crippen LogP contribution in [0.4, 0.5) is 5.69 Å². The van der Waals surface area contributed by atoms with E-state index in [1.165, 1.54) is 22.1 Å². The number of hydrogen-bond acceptors (Lipinski definition) is 4. The van der Waals surface area contributed by atoms with Gasteiger partial charge in [0.15, 0.2) is 0 Å². The third-order valence-corrected chi connectivity index (χ3v) is 4.57. The van der Waals surface area contributed by atoms with Crippen molar-refractivity contribution in [3.8, 4) is 10.6 Å². The molecule has 0 aliphatic rings. The van der Waals surface area contributed by atoms with Crippen LogP contribution in [0, 0.1) is 13.8 Å². The van der Waals surface area contributed by atoms with Gasteiger partial charge in [-0.2, -0.15) is 5.10 Å². The molecule has 0 saturated heterocycles. The SMILES string of the molecule is Cc1cccc(C)c1NC(=O)Cn1nc(-c2cccs2)ccc1=O. The van der Waals surface area contributed by atoms with Gasteiger partial charge in [0.2, 0.25) is 5.91 Å². The predicted molar refractivity (Wildman–Crippen MR) is 96.4 cm³/mol. The van der Waals surface area contributed by atoms with E-state index < -0.39 is 0 Å². The number of aryl methyl sites for hydroxylation is 2. The number of nitrogens with one attached hydrogen (secondary N) is 1. The fourth-order valence-electron chi connectivity index (χ4n) is 2.44. The molecule has 2 heterocycles. The maximum Gasteiger partial charge on any atom is 0.267 e. The van der Waals surface area contributed by atoms with Crippen molar-refractivity contribution in [2.24, 2.45) is 0 Å². The Hall–Kier alpha value is -2.73. The number of rotatable bonds is 4. The third-order valence-electron chi connectivity index (χ3n) is 3.68. The highest BCUT2D eigenvalue weighted by molar-refractivity contribution is 7.13. The van der Waals surface area contributed by atoms with Crippen molar-refractivity contribution < 1.29 is 4.79 Å². The molecule has 0 atom stereocenters. The molecule has 3 rings (SSSR count). The highest BCUT2D eigenvalue weighted by Gasteiger charge is 2.11. The van der Waals surface area contributed by atoms with Gasteiger partial charge in [0.05, 0.1) is 4.88 Å². The second-order valence-corrected chi connectivity index (χ2v) is 6.45. The van der Waals surface area contributed by atoms with Crippen molar-refractivity contribution in [1.82, 2.24) is 9.78 Å². The lowest BCUT2D eigenvalue weighted by Gasteiger charge is -2.12. The van der Waals surface area contributed by atoms with Crippen LogP contribution in [-0.4, -0.2) is 15.7 Å². The summed E-state index contributed by atoms with van der Waals surface area (Å²) in [4.78, 5) is 25.3. The molecule has 0 saturated carbocycles. The van der Waals surface area contributed by atoms with Gasteiger partial charge in [0.25, 0.3) is 5.56 Å². The Bertz CT molecular complexity index is 909. The minimum Gasteiger partial charge on any atom is -0.324 e. The average molecular weight is 339 g/mol. The summed E-state index contributed by atoms with van der Waals surface area (Å²) in [5.41, 5.74) is 3.13. The van der Waals surface area contributed by atoms with Gasteiger partial charge >= 0.3 is 0 Å². The van der Waals surface area contributed by atoms with Crippen molar-refractivity contribution >= 4 is 22.9 Å². The van der Waals surface area contributed by atoms with Crippen LogP contribution >= 0.6 is 11.3 Å². The lowest BCUT2D eigenvalue weighted by molar-refractivity contribution is -0.117. The van der Waals surface area contributed by atoms with Gasteiger partial charge in [0.1, 0.15) is 12.2 Å². The monoisotopic (exact) mass is 339 g/mol. The summed E-state index contributed by atoms with van der Waals surface area (Å²) in [6, 6.07) is 12.8. The van der Waals surface area contributed by atoms with Crippen molar-refractivity contribution in [3.63, 3.8) is 0 Å². The normalized spacial score (nSPS) is 10.6. The van der Waals surface area contributed by atoms with Crippen molar-refractivity contribution in [3.05, 3.63) is 69.3 Å². The lowest BCUT2D eigenvalue weighted by Crippen LogP contribution is -2.29. The molecule has 2 aromatic heterocycles. The molecule has 122 valence electrons. The number of nitrogens with zero attached hydrogens (tertiary/aromatic N) is 2. The van der Waals surface area contributed by atoms with E-state index in [4.69, 9.17) is 0 Å². The van der Waals surface area contributed by atoms with E-state index in [0.717, 1.165) is 21.7 Å². The van der Waals surface area contributed by atoms with Gasteiger partial charge in [-0.3, -0.25) is 9.59 Å². The van der Waals surface area contributed by atoms with Gasteiger partial charge < -0.3 is 5.32 Å². The molecule has 24 heavy (non-hydrogen) atoms. The molecule has 1 aromatic carbocycles. The third kappa shape index (κ3) is 3.44. The van der Waals surface area contributed by atoms with E-state index in [-0.39, 0.29) is 18.0 Å². The fraction of sp³-hybridized carbons (Fsp3) is 0.167. The molecule has 5 nitrogen and oxygen atoms in total. The first kappa shape index (κ1) is 16.1. The quantitative estimate of drug-likeness (QED) is 0.794. The van der Waals surface area contributed by atoms with E-state index in [9.17, 15) is 9.59 Å². The van der Waals surface area contributed by atoms with E-state index in [2.05, 4.69) is 10.4 Å². The molecular weight excluding hydrogens is 322 g/mol. The topological polar surface area (TPSA) is 64.0 Å². The van der Waals surface area contributed by atoms with Gasteiger partial charge in [-0.25, -0.2) is 4.68 Å². The molecule has 1 amide bonds. The molecule has 0 aliphatic heterocycles. The Labute approximate surface area is 143 Å². The number of benzene rings is 1. The van der Waals surface area contributed by atoms with Crippen LogP contribution < -0.4 is 10.9 Å². The first-order chi connectivity index (χ1) is 11.5. The smallest absolute Gasteiger partial charge is 0.267 e. The Kier molecular flexibility index (Phi) is 4.57. The summed E-state index contributed by atoms with van der Waals surface area (Å²) in [7, 11) is 0. The number of carbonyl (C=O) groups is 1. The van der Waals surface area contributed by atoms with Gasteiger partial charge in [0, 0.05) is 11.8 Å². The number of hydrogen-bond donors (Lipinski definition) is 1. The molecule has 0 unspecified atom stereocenters. The largest absolute Gasteiger partial charge is 0.324 e. The van der Waals surface area contributed by atoms with Crippen LogP contribution in [0.1, 0.15) is 11.1 Å². The Balaban J connectivity index is 1.82. The standard InChI is InChI=1S/C18H17N3O2S/c1-12-5-3-6-13(2)18(12)19-16(22)11-21-17(23)9-8-14(20-21)15-7-4-10-24-15/h3-10H,11H2,1-2H3,(H,19,22). The summed E-state index contributed by atoms with van der Waals surface area (Å²) in [5.74, 6) is -0.273. The van der Waals surface area contributed by atoms with Crippen LogP contribution in [-0.2, 0) is 11.3 Å². The van der Waals surface area contributed by atoms with Crippen molar-refractivity contribution in [2.45, 2.75) is 20.4 Å². The van der Waals surface area contributed by atoms with Crippen LogP contribution in [0.15, 0.2) is 52.6 Å². The zero-order chi connectivity index (χ0) is 17.1. The summed E-state index contributed by atoms with van der Waals surface area (Å²) in [6.45, 7) is 3.75. The van der Waals surface area contributed by atoms with Crippen LogP contribution in [0.3, 0.4) is 0 Å². The summed E-state index contributed by atoms with van der Waals surface area (Å²) in [6.07, 6.45) is 0. The lowest BCUT2D eigenvalue weighted by atomic mass is 10.1. The van der Waals surface area contributed by atoms with E-state index in [0.29, 0.717) is 5.69 Å². The first-order valence-corrected chi connectivity index (χ1v) is 8.40. The van der Waals surface area contributed by atoms with Crippen LogP contribution in [0.25, 0.3) is 10.6 Å². The number of thiophene rings is 1. The van der Waals surface area contributed by atoms with Crippen molar-refractivity contribution in [1.29, 1.82) is 0 Å². The molecule has 6 heteroatoms. The minimum absolute atomic E-state index is 0.119. The Morgan fingerprint density at radius 1 is 1.12 bits per heavy atom. The highest BCUT2D eigenvalue weighted by Crippen LogP contribution is 2.21. The zero-order valence-electron chi connectivity index (χ0n) is 13.4. The highest BCUT2D eigenvalue weighted by atomic mass is 32.1. The van der Waals surface area contributed by atoms with Crippen LogP contribution in [0.5, 0.6) is 0 Å². The predicted octanol–water partition coefficient (Wildman–Crippen LogP) is 3.23. The average Bonchev–Trinajstić information content (AvgIpc) is 3.08. The summed E-state index contributed by atoms with van der Waals surface area (Å²) in [5, 5.41) is 9.11. The number of aromatic nitrogens is 2. The number of para-hydroxylation sites is 1. The van der Waals surface area contributed by atoms with Gasteiger partial charge in [-0.15, -0.1) is 11.3 Å². The molecule has 0 bridgehead atoms. The maximum absolute atomic E-state index is 12.3.